The Morgan fingerprint density at radius 2 is 1.73 bits per heavy atom. The van der Waals surface area contributed by atoms with E-state index in [2.05, 4.69) is 31.2 Å². The summed E-state index contributed by atoms with van der Waals surface area (Å²) in [5.74, 6) is -0.888. The van der Waals surface area contributed by atoms with Crippen molar-refractivity contribution in [3.63, 3.8) is 0 Å². The van der Waals surface area contributed by atoms with Crippen LogP contribution < -0.4 is 0 Å². The van der Waals surface area contributed by atoms with Gasteiger partial charge < -0.3 is 9.67 Å². The van der Waals surface area contributed by atoms with Gasteiger partial charge in [0.05, 0.1) is 0 Å². The Kier molecular flexibility index (Phi) is 3.72. The Balaban J connectivity index is 2.11. The predicted molar refractivity (Wildman–Crippen MR) is 88.6 cm³/mol. The third-order valence-electron chi connectivity index (χ3n) is 4.05. The maximum atomic E-state index is 11.6. The van der Waals surface area contributed by atoms with E-state index < -0.39 is 5.97 Å². The zero-order valence-electron chi connectivity index (χ0n) is 12.8. The zero-order chi connectivity index (χ0) is 15.7. The Morgan fingerprint density at radius 1 is 1.05 bits per heavy atom. The van der Waals surface area contributed by atoms with E-state index in [0.29, 0.717) is 12.2 Å². The van der Waals surface area contributed by atoms with E-state index in [0.717, 1.165) is 22.9 Å². The summed E-state index contributed by atoms with van der Waals surface area (Å²) in [7, 11) is 0. The smallest absolute Gasteiger partial charge is 0.352 e. The number of aromatic carboxylic acids is 1. The number of carboxylic acid groups (broad SMARTS) is 1. The zero-order valence-corrected chi connectivity index (χ0v) is 12.8. The third kappa shape index (κ3) is 2.62. The van der Waals surface area contributed by atoms with Gasteiger partial charge in [0.2, 0.25) is 0 Å². The summed E-state index contributed by atoms with van der Waals surface area (Å²) in [5, 5.41) is 10.5. The van der Waals surface area contributed by atoms with Gasteiger partial charge in [0.25, 0.3) is 0 Å². The van der Waals surface area contributed by atoms with Crippen molar-refractivity contribution in [2.45, 2.75) is 26.8 Å². The molecule has 0 aliphatic heterocycles. The summed E-state index contributed by atoms with van der Waals surface area (Å²) in [6.45, 7) is 4.71. The second-order valence-electron chi connectivity index (χ2n) is 5.65. The molecule has 2 aromatic carbocycles. The van der Waals surface area contributed by atoms with Crippen molar-refractivity contribution in [1.82, 2.24) is 4.57 Å². The van der Waals surface area contributed by atoms with Gasteiger partial charge in [-0.1, -0.05) is 42.8 Å². The summed E-state index contributed by atoms with van der Waals surface area (Å²) in [6.07, 6.45) is 0.946. The summed E-state index contributed by atoms with van der Waals surface area (Å²) >= 11 is 0. The lowest BCUT2D eigenvalue weighted by molar-refractivity contribution is 0.0686. The van der Waals surface area contributed by atoms with E-state index in [1.54, 1.807) is 6.07 Å². The third-order valence-corrected chi connectivity index (χ3v) is 4.05. The first-order valence-corrected chi connectivity index (χ1v) is 7.49. The molecule has 22 heavy (non-hydrogen) atoms. The van der Waals surface area contributed by atoms with E-state index in [-0.39, 0.29) is 0 Å². The average Bonchev–Trinajstić information content (AvgIpc) is 2.87. The van der Waals surface area contributed by atoms with Gasteiger partial charge in [0.15, 0.2) is 0 Å². The number of fused-ring (bicyclic) bond motifs is 1. The van der Waals surface area contributed by atoms with Crippen molar-refractivity contribution in [2.24, 2.45) is 0 Å². The molecule has 112 valence electrons. The van der Waals surface area contributed by atoms with Crippen LogP contribution in [0.3, 0.4) is 0 Å². The second-order valence-corrected chi connectivity index (χ2v) is 5.65. The van der Waals surface area contributed by atoms with E-state index >= 15 is 0 Å². The Bertz CT molecular complexity index is 829. The summed E-state index contributed by atoms with van der Waals surface area (Å²) in [4.78, 5) is 11.6. The molecule has 3 aromatic rings. The minimum absolute atomic E-state index is 0.337. The number of carboxylic acids is 1. The fourth-order valence-electron chi connectivity index (χ4n) is 2.76. The summed E-state index contributed by atoms with van der Waals surface area (Å²) < 4.78 is 1.88. The number of benzene rings is 2. The van der Waals surface area contributed by atoms with Gasteiger partial charge >= 0.3 is 5.97 Å². The number of aromatic nitrogens is 1. The Morgan fingerprint density at radius 3 is 2.36 bits per heavy atom. The van der Waals surface area contributed by atoms with E-state index in [9.17, 15) is 9.90 Å². The molecule has 0 amide bonds. The molecule has 3 heteroatoms. The number of rotatable bonds is 4. The topological polar surface area (TPSA) is 42.2 Å². The fraction of sp³-hybridized carbons (Fsp3) is 0.211. The number of aryl methyl sites for hydroxylation is 2. The average molecular weight is 293 g/mol. The molecule has 3 nitrogen and oxygen atoms in total. The number of carbonyl (C=O) groups is 1. The SMILES string of the molecule is CCc1ccc2c(c1)cc(C(=O)O)n2Cc1ccc(C)cc1. The molecule has 0 aliphatic carbocycles. The predicted octanol–water partition coefficient (Wildman–Crippen LogP) is 4.26. The highest BCUT2D eigenvalue weighted by Crippen LogP contribution is 2.23. The molecule has 0 aliphatic rings. The molecule has 1 N–H and O–H groups in total. The van der Waals surface area contributed by atoms with Gasteiger partial charge in [0.1, 0.15) is 5.69 Å². The van der Waals surface area contributed by atoms with E-state index in [1.807, 2.05) is 29.7 Å². The molecule has 0 saturated heterocycles. The van der Waals surface area contributed by atoms with Gasteiger partial charge in [-0.15, -0.1) is 0 Å². The summed E-state index contributed by atoms with van der Waals surface area (Å²) in [6, 6.07) is 16.1. The van der Waals surface area contributed by atoms with Gasteiger partial charge in [0, 0.05) is 17.4 Å². The second kappa shape index (κ2) is 5.68. The molecule has 0 atom stereocenters. The molecule has 0 radical (unpaired) electrons. The first kappa shape index (κ1) is 14.4. The molecular weight excluding hydrogens is 274 g/mol. The van der Waals surface area contributed by atoms with Crippen molar-refractivity contribution < 1.29 is 9.90 Å². The molecule has 0 saturated carbocycles. The maximum Gasteiger partial charge on any atom is 0.352 e. The number of nitrogens with zero attached hydrogens (tertiary/aromatic N) is 1. The van der Waals surface area contributed by atoms with Crippen LogP contribution in [0.15, 0.2) is 48.5 Å². The highest BCUT2D eigenvalue weighted by atomic mass is 16.4. The van der Waals surface area contributed by atoms with Gasteiger partial charge in [-0.2, -0.15) is 0 Å². The number of hydrogen-bond donors (Lipinski definition) is 1. The minimum atomic E-state index is -0.888. The van der Waals surface area contributed by atoms with Crippen LogP contribution in [0.25, 0.3) is 10.9 Å². The standard InChI is InChI=1S/C19H19NO2/c1-3-14-8-9-17-16(10-14)11-18(19(21)22)20(17)12-15-6-4-13(2)5-7-15/h4-11H,3,12H2,1-2H3,(H,21,22). The normalized spacial score (nSPS) is 11.0. The minimum Gasteiger partial charge on any atom is -0.477 e. The Labute approximate surface area is 129 Å². The maximum absolute atomic E-state index is 11.6. The van der Waals surface area contributed by atoms with Gasteiger partial charge in [-0.05, 0) is 42.7 Å². The Hall–Kier alpha value is -2.55. The lowest BCUT2D eigenvalue weighted by Crippen LogP contribution is -2.09. The molecule has 1 aromatic heterocycles. The molecule has 3 rings (SSSR count). The van der Waals surface area contributed by atoms with Crippen LogP contribution in [0.1, 0.15) is 34.1 Å². The van der Waals surface area contributed by atoms with Crippen molar-refractivity contribution in [2.75, 3.05) is 0 Å². The first-order valence-electron chi connectivity index (χ1n) is 7.49. The highest BCUT2D eigenvalue weighted by Gasteiger charge is 2.15. The monoisotopic (exact) mass is 293 g/mol. The van der Waals surface area contributed by atoms with Crippen molar-refractivity contribution in [3.05, 3.63) is 70.9 Å². The quantitative estimate of drug-likeness (QED) is 0.781. The van der Waals surface area contributed by atoms with Crippen LogP contribution in [0.2, 0.25) is 0 Å². The van der Waals surface area contributed by atoms with Crippen molar-refractivity contribution in [3.8, 4) is 0 Å². The molecule has 0 unspecified atom stereocenters. The van der Waals surface area contributed by atoms with Crippen LogP contribution in [-0.4, -0.2) is 15.6 Å². The van der Waals surface area contributed by atoms with Crippen LogP contribution in [0.4, 0.5) is 0 Å². The highest BCUT2D eigenvalue weighted by molar-refractivity contribution is 5.95. The van der Waals surface area contributed by atoms with Crippen LogP contribution in [-0.2, 0) is 13.0 Å². The number of hydrogen-bond acceptors (Lipinski definition) is 1. The van der Waals surface area contributed by atoms with Crippen LogP contribution in [0.5, 0.6) is 0 Å². The lowest BCUT2D eigenvalue weighted by Gasteiger charge is -2.09. The molecular formula is C19H19NO2. The van der Waals surface area contributed by atoms with E-state index in [1.165, 1.54) is 11.1 Å². The lowest BCUT2D eigenvalue weighted by atomic mass is 10.1. The summed E-state index contributed by atoms with van der Waals surface area (Å²) in [5.41, 5.74) is 4.83. The van der Waals surface area contributed by atoms with Crippen molar-refractivity contribution in [1.29, 1.82) is 0 Å². The molecule has 0 fully saturated rings. The molecule has 0 spiro atoms. The first-order chi connectivity index (χ1) is 10.6. The largest absolute Gasteiger partial charge is 0.477 e. The molecule has 0 bridgehead atoms. The molecule has 1 heterocycles. The van der Waals surface area contributed by atoms with Crippen molar-refractivity contribution >= 4 is 16.9 Å². The van der Waals surface area contributed by atoms with Crippen LogP contribution >= 0.6 is 0 Å². The van der Waals surface area contributed by atoms with E-state index in [4.69, 9.17) is 0 Å². The van der Waals surface area contributed by atoms with Crippen LogP contribution in [0, 0.1) is 6.92 Å². The fourth-order valence-corrected chi connectivity index (χ4v) is 2.76. The van der Waals surface area contributed by atoms with Gasteiger partial charge in [-0.3, -0.25) is 0 Å². The van der Waals surface area contributed by atoms with Gasteiger partial charge in [-0.25, -0.2) is 4.79 Å².